The molecule has 8 nitrogen and oxygen atoms in total. The average molecular weight is 627 g/mol. The Morgan fingerprint density at radius 3 is 2.38 bits per heavy atom. The van der Waals surface area contributed by atoms with Crippen molar-refractivity contribution in [2.45, 2.75) is 13.8 Å². The molecule has 2 N–H and O–H groups in total. The Morgan fingerprint density at radius 2 is 1.60 bits per heavy atom. The quantitative estimate of drug-likeness (QED) is 0.0729. The summed E-state index contributed by atoms with van der Waals surface area (Å²) in [4.78, 5) is 29.6. The third kappa shape index (κ3) is 6.21. The van der Waals surface area contributed by atoms with Crippen LogP contribution in [0.4, 0.5) is 0 Å². The number of hydrazone groups is 1. The lowest BCUT2D eigenvalue weighted by Gasteiger charge is -2.12. The largest absolute Gasteiger partial charge is 0.490 e. The number of nitrogens with zero attached hydrogens (tertiary/aromatic N) is 1. The number of hydrogen-bond acceptors (Lipinski definition) is 6. The number of aromatic nitrogens is 1. The molecule has 1 aromatic heterocycles. The number of ether oxygens (including phenoxy) is 3. The first-order chi connectivity index (χ1) is 20.5. The number of nitrogens with one attached hydrogen (secondary N) is 2. The number of hydrogen-bond donors (Lipinski definition) is 2. The number of halogens is 1. The Labute approximate surface area is 251 Å². The maximum Gasteiger partial charge on any atom is 0.343 e. The molecule has 0 saturated heterocycles. The van der Waals surface area contributed by atoms with Crippen LogP contribution in [0.15, 0.2) is 101 Å². The van der Waals surface area contributed by atoms with Gasteiger partial charge in [-0.15, -0.1) is 0 Å². The highest BCUT2D eigenvalue weighted by Gasteiger charge is 2.20. The molecule has 0 aliphatic heterocycles. The van der Waals surface area contributed by atoms with E-state index in [0.29, 0.717) is 41.5 Å². The van der Waals surface area contributed by atoms with Crippen molar-refractivity contribution in [2.75, 3.05) is 13.2 Å². The molecule has 4 aromatic carbocycles. The zero-order valence-corrected chi connectivity index (χ0v) is 24.6. The second-order valence-electron chi connectivity index (χ2n) is 9.06. The van der Waals surface area contributed by atoms with Crippen LogP contribution in [-0.2, 0) is 0 Å². The molecule has 0 bridgehead atoms. The van der Waals surface area contributed by atoms with Crippen molar-refractivity contribution in [3.63, 3.8) is 0 Å². The van der Waals surface area contributed by atoms with Crippen molar-refractivity contribution in [1.82, 2.24) is 10.4 Å². The number of carbonyl (C=O) groups is 2. The number of esters is 1. The zero-order chi connectivity index (χ0) is 29.5. The van der Waals surface area contributed by atoms with Crippen LogP contribution in [0, 0.1) is 0 Å². The maximum atomic E-state index is 13.3. The van der Waals surface area contributed by atoms with E-state index in [1.165, 1.54) is 6.21 Å². The van der Waals surface area contributed by atoms with Crippen LogP contribution < -0.4 is 19.6 Å². The summed E-state index contributed by atoms with van der Waals surface area (Å²) in [5.74, 6) is 0.314. The van der Waals surface area contributed by atoms with Crippen LogP contribution in [0.1, 0.15) is 40.3 Å². The van der Waals surface area contributed by atoms with Gasteiger partial charge in [0.05, 0.1) is 30.5 Å². The van der Waals surface area contributed by atoms with Crippen LogP contribution in [0.3, 0.4) is 0 Å². The van der Waals surface area contributed by atoms with Gasteiger partial charge in [-0.05, 0) is 71.7 Å². The molecule has 212 valence electrons. The molecule has 0 aliphatic carbocycles. The smallest absolute Gasteiger partial charge is 0.343 e. The standard InChI is InChI=1S/C33H28BrN3O5/c1-3-40-27-18-17-22(19-28(27)41-4-2)33(39)42-26-16-9-8-13-23(26)20-35-37-32(38)31-29(21-11-6-5-7-12-21)24-14-10-15-25(34)30(24)36-31/h5-20,36H,3-4H2,1-2H3,(H,37,38). The molecule has 42 heavy (non-hydrogen) atoms. The number of fused-ring (bicyclic) bond motifs is 1. The van der Waals surface area contributed by atoms with E-state index >= 15 is 0 Å². The molecule has 0 saturated carbocycles. The lowest BCUT2D eigenvalue weighted by atomic mass is 10.0. The first-order valence-corrected chi connectivity index (χ1v) is 14.2. The fourth-order valence-electron chi connectivity index (χ4n) is 4.49. The van der Waals surface area contributed by atoms with Crippen molar-refractivity contribution in [3.05, 3.63) is 112 Å². The minimum Gasteiger partial charge on any atom is -0.490 e. The third-order valence-electron chi connectivity index (χ3n) is 6.34. The Bertz CT molecular complexity index is 1760. The van der Waals surface area contributed by atoms with E-state index in [4.69, 9.17) is 14.2 Å². The summed E-state index contributed by atoms with van der Waals surface area (Å²) in [5.41, 5.74) is 6.27. The second-order valence-corrected chi connectivity index (χ2v) is 9.91. The predicted molar refractivity (Wildman–Crippen MR) is 167 cm³/mol. The molecule has 5 aromatic rings. The van der Waals surface area contributed by atoms with Crippen molar-refractivity contribution in [2.24, 2.45) is 5.10 Å². The minimum atomic E-state index is -0.569. The van der Waals surface area contributed by atoms with Gasteiger partial charge in [-0.1, -0.05) is 54.6 Å². The minimum absolute atomic E-state index is 0.284. The molecular weight excluding hydrogens is 598 g/mol. The highest BCUT2D eigenvalue weighted by molar-refractivity contribution is 9.10. The van der Waals surface area contributed by atoms with Crippen LogP contribution in [0.25, 0.3) is 22.0 Å². The zero-order valence-electron chi connectivity index (χ0n) is 23.0. The molecule has 0 unspecified atom stereocenters. The fraction of sp³-hybridized carbons (Fsp3) is 0.121. The maximum absolute atomic E-state index is 13.3. The summed E-state index contributed by atoms with van der Waals surface area (Å²) in [6.07, 6.45) is 1.44. The van der Waals surface area contributed by atoms with Gasteiger partial charge in [0.15, 0.2) is 11.5 Å². The lowest BCUT2D eigenvalue weighted by Crippen LogP contribution is -2.19. The normalized spacial score (nSPS) is 11.0. The van der Waals surface area contributed by atoms with Crippen molar-refractivity contribution < 1.29 is 23.8 Å². The van der Waals surface area contributed by atoms with Crippen molar-refractivity contribution in [1.29, 1.82) is 0 Å². The molecule has 9 heteroatoms. The number of carbonyl (C=O) groups excluding carboxylic acids is 2. The van der Waals surface area contributed by atoms with Gasteiger partial charge in [0.25, 0.3) is 5.91 Å². The highest BCUT2D eigenvalue weighted by Crippen LogP contribution is 2.35. The summed E-state index contributed by atoms with van der Waals surface area (Å²) < 4.78 is 17.7. The molecule has 0 fully saturated rings. The molecule has 1 heterocycles. The Kier molecular flexibility index (Phi) is 8.99. The van der Waals surface area contributed by atoms with E-state index in [-0.39, 0.29) is 5.75 Å². The van der Waals surface area contributed by atoms with Crippen molar-refractivity contribution in [3.8, 4) is 28.4 Å². The van der Waals surface area contributed by atoms with Gasteiger partial charge < -0.3 is 19.2 Å². The Morgan fingerprint density at radius 1 is 0.857 bits per heavy atom. The van der Waals surface area contributed by atoms with Gasteiger partial charge in [0, 0.05) is 21.0 Å². The van der Waals surface area contributed by atoms with Crippen LogP contribution in [0.2, 0.25) is 0 Å². The number of amides is 1. The van der Waals surface area contributed by atoms with E-state index in [0.717, 1.165) is 26.5 Å². The topological polar surface area (TPSA) is 102 Å². The van der Waals surface area contributed by atoms with Gasteiger partial charge in [-0.3, -0.25) is 4.79 Å². The summed E-state index contributed by atoms with van der Waals surface area (Å²) >= 11 is 3.57. The summed E-state index contributed by atoms with van der Waals surface area (Å²) in [6.45, 7) is 4.62. The molecule has 0 atom stereocenters. The SMILES string of the molecule is CCOc1ccc(C(=O)Oc2ccccc2C=NNC(=O)c2[nH]c3c(Br)cccc3c2-c2ccccc2)cc1OCC. The molecule has 0 spiro atoms. The first kappa shape index (κ1) is 28.6. The molecular formula is C33H28BrN3O5. The van der Waals surface area contributed by atoms with Gasteiger partial charge >= 0.3 is 5.97 Å². The Hall–Kier alpha value is -4.89. The van der Waals surface area contributed by atoms with E-state index < -0.39 is 11.9 Å². The number of benzene rings is 4. The van der Waals surface area contributed by atoms with E-state index in [9.17, 15) is 9.59 Å². The van der Waals surface area contributed by atoms with Crippen LogP contribution in [0.5, 0.6) is 17.2 Å². The fourth-order valence-corrected chi connectivity index (χ4v) is 4.96. The summed E-state index contributed by atoms with van der Waals surface area (Å²) in [7, 11) is 0. The lowest BCUT2D eigenvalue weighted by molar-refractivity contribution is 0.0733. The van der Waals surface area contributed by atoms with Gasteiger partial charge in [0.2, 0.25) is 0 Å². The molecule has 1 amide bonds. The number of rotatable bonds is 10. The van der Waals surface area contributed by atoms with Gasteiger partial charge in [-0.25, -0.2) is 10.2 Å². The van der Waals surface area contributed by atoms with E-state index in [2.05, 4.69) is 31.4 Å². The molecule has 0 aliphatic rings. The molecule has 5 rings (SSSR count). The number of H-pyrrole nitrogens is 1. The van der Waals surface area contributed by atoms with Gasteiger partial charge in [0.1, 0.15) is 11.4 Å². The average Bonchev–Trinajstić information content (AvgIpc) is 3.41. The summed E-state index contributed by atoms with van der Waals surface area (Å²) in [6, 6.07) is 27.3. The van der Waals surface area contributed by atoms with Crippen molar-refractivity contribution >= 4 is 44.9 Å². The van der Waals surface area contributed by atoms with E-state index in [1.54, 1.807) is 42.5 Å². The summed E-state index contributed by atoms with van der Waals surface area (Å²) in [5, 5.41) is 5.08. The first-order valence-electron chi connectivity index (χ1n) is 13.4. The number of aromatic amines is 1. The predicted octanol–water partition coefficient (Wildman–Crippen LogP) is 7.38. The third-order valence-corrected chi connectivity index (χ3v) is 7.00. The molecule has 0 radical (unpaired) electrons. The second kappa shape index (κ2) is 13.2. The van der Waals surface area contributed by atoms with Gasteiger partial charge in [-0.2, -0.15) is 5.10 Å². The van der Waals surface area contributed by atoms with E-state index in [1.807, 2.05) is 62.4 Å². The van der Waals surface area contributed by atoms with Crippen LogP contribution in [-0.4, -0.2) is 36.3 Å². The monoisotopic (exact) mass is 625 g/mol. The number of para-hydroxylation sites is 2. The Balaban J connectivity index is 1.36. The highest BCUT2D eigenvalue weighted by atomic mass is 79.9. The van der Waals surface area contributed by atoms with Crippen LogP contribution >= 0.6 is 15.9 Å².